The molecule has 0 aliphatic carbocycles. The maximum atomic E-state index is 12.3. The third kappa shape index (κ3) is 10.0. The molecule has 1 heterocycles. The standard InChI is InChI=1S/C31H40N2O5S/c1-6-7-8-9-10-19-37-25-17-15-24(16-18-25)28-32-27(21-39-28)23-13-11-22(12-14-23)20-26(29(34)36-5)33-30(35)38-31(2,3)4/h11-18,21,26H,6-10,19-20H2,1-5H3,(H,33,35). The predicted molar refractivity (Wildman–Crippen MR) is 156 cm³/mol. The molecule has 0 saturated carbocycles. The lowest BCUT2D eigenvalue weighted by atomic mass is 10.0. The van der Waals surface area contributed by atoms with Crippen molar-refractivity contribution in [2.24, 2.45) is 0 Å². The van der Waals surface area contributed by atoms with Crippen LogP contribution in [0.5, 0.6) is 5.75 Å². The number of rotatable bonds is 13. The molecular formula is C31H40N2O5S. The van der Waals surface area contributed by atoms with E-state index < -0.39 is 23.7 Å². The molecule has 0 saturated heterocycles. The molecule has 8 heteroatoms. The van der Waals surface area contributed by atoms with Gasteiger partial charge in [0.05, 0.1) is 19.4 Å². The van der Waals surface area contributed by atoms with Crippen molar-refractivity contribution in [2.75, 3.05) is 13.7 Å². The number of esters is 1. The molecule has 7 nitrogen and oxygen atoms in total. The number of nitrogens with zero attached hydrogens (tertiary/aromatic N) is 1. The Bertz CT molecular complexity index is 1180. The summed E-state index contributed by atoms with van der Waals surface area (Å²) in [4.78, 5) is 29.3. The number of amides is 1. The quantitative estimate of drug-likeness (QED) is 0.175. The molecule has 39 heavy (non-hydrogen) atoms. The van der Waals surface area contributed by atoms with Gasteiger partial charge in [-0.3, -0.25) is 0 Å². The monoisotopic (exact) mass is 552 g/mol. The summed E-state index contributed by atoms with van der Waals surface area (Å²) in [5.41, 5.74) is 3.11. The van der Waals surface area contributed by atoms with Gasteiger partial charge in [0.25, 0.3) is 0 Å². The second-order valence-corrected chi connectivity index (χ2v) is 11.3. The number of thiazole rings is 1. The summed E-state index contributed by atoms with van der Waals surface area (Å²) in [7, 11) is 1.30. The first-order chi connectivity index (χ1) is 18.7. The molecule has 1 atom stereocenters. The van der Waals surface area contributed by atoms with Gasteiger partial charge in [0.1, 0.15) is 22.4 Å². The number of methoxy groups -OCH3 is 1. The van der Waals surface area contributed by atoms with Crippen LogP contribution in [-0.4, -0.2) is 42.4 Å². The van der Waals surface area contributed by atoms with E-state index in [2.05, 4.69) is 12.2 Å². The van der Waals surface area contributed by atoms with Crippen molar-refractivity contribution in [1.29, 1.82) is 0 Å². The van der Waals surface area contributed by atoms with Crippen LogP contribution in [-0.2, 0) is 20.7 Å². The molecule has 2 aromatic carbocycles. The Balaban J connectivity index is 1.58. The van der Waals surface area contributed by atoms with E-state index in [-0.39, 0.29) is 6.42 Å². The molecular weight excluding hydrogens is 512 g/mol. The van der Waals surface area contributed by atoms with Crippen molar-refractivity contribution >= 4 is 23.4 Å². The zero-order chi connectivity index (χ0) is 28.3. The minimum absolute atomic E-state index is 0.279. The zero-order valence-corrected chi connectivity index (χ0v) is 24.4. The highest BCUT2D eigenvalue weighted by molar-refractivity contribution is 7.13. The summed E-state index contributed by atoms with van der Waals surface area (Å²) in [5.74, 6) is 0.352. The van der Waals surface area contributed by atoms with Gasteiger partial charge in [-0.05, 0) is 57.0 Å². The molecule has 0 bridgehead atoms. The lowest BCUT2D eigenvalue weighted by Gasteiger charge is -2.22. The van der Waals surface area contributed by atoms with E-state index in [1.165, 1.54) is 32.8 Å². The minimum Gasteiger partial charge on any atom is -0.494 e. The summed E-state index contributed by atoms with van der Waals surface area (Å²) >= 11 is 1.59. The number of hydrogen-bond donors (Lipinski definition) is 1. The zero-order valence-electron chi connectivity index (χ0n) is 23.6. The fourth-order valence-corrected chi connectivity index (χ4v) is 4.80. The normalized spacial score (nSPS) is 12.0. The van der Waals surface area contributed by atoms with Gasteiger partial charge in [-0.25, -0.2) is 14.6 Å². The van der Waals surface area contributed by atoms with E-state index in [0.717, 1.165) is 46.2 Å². The largest absolute Gasteiger partial charge is 0.494 e. The number of hydrogen-bond acceptors (Lipinski definition) is 7. The average molecular weight is 553 g/mol. The molecule has 0 radical (unpaired) electrons. The summed E-state index contributed by atoms with van der Waals surface area (Å²) in [6.07, 6.45) is 5.72. The second-order valence-electron chi connectivity index (χ2n) is 10.4. The average Bonchev–Trinajstić information content (AvgIpc) is 3.40. The Labute approximate surface area is 235 Å². The fraction of sp³-hybridized carbons (Fsp3) is 0.452. The van der Waals surface area contributed by atoms with Crippen LogP contribution < -0.4 is 10.1 Å². The van der Waals surface area contributed by atoms with Crippen LogP contribution >= 0.6 is 11.3 Å². The molecule has 1 N–H and O–H groups in total. The number of ether oxygens (including phenoxy) is 3. The summed E-state index contributed by atoms with van der Waals surface area (Å²) < 4.78 is 16.0. The number of unbranched alkanes of at least 4 members (excludes halogenated alkanes) is 4. The van der Waals surface area contributed by atoms with E-state index in [9.17, 15) is 9.59 Å². The van der Waals surface area contributed by atoms with Crippen LogP contribution in [0, 0.1) is 0 Å². The second kappa shape index (κ2) is 14.7. The van der Waals surface area contributed by atoms with Crippen molar-refractivity contribution in [2.45, 2.75) is 77.9 Å². The number of aromatic nitrogens is 1. The number of alkyl carbamates (subject to hydrolysis) is 1. The predicted octanol–water partition coefficient (Wildman–Crippen LogP) is 7.44. The maximum absolute atomic E-state index is 12.3. The van der Waals surface area contributed by atoms with E-state index in [1.54, 1.807) is 32.1 Å². The van der Waals surface area contributed by atoms with Gasteiger partial charge >= 0.3 is 12.1 Å². The summed E-state index contributed by atoms with van der Waals surface area (Å²) in [6, 6.07) is 15.0. The molecule has 0 aliphatic heterocycles. The van der Waals surface area contributed by atoms with Crippen LogP contribution in [0.2, 0.25) is 0 Å². The van der Waals surface area contributed by atoms with Crippen molar-refractivity contribution in [3.63, 3.8) is 0 Å². The number of nitrogens with one attached hydrogen (secondary N) is 1. The van der Waals surface area contributed by atoms with Crippen LogP contribution in [0.15, 0.2) is 53.9 Å². The Morgan fingerprint density at radius 2 is 1.62 bits per heavy atom. The Hall–Kier alpha value is -3.39. The molecule has 0 fully saturated rings. The Morgan fingerprint density at radius 3 is 2.26 bits per heavy atom. The van der Waals surface area contributed by atoms with Crippen LogP contribution in [0.4, 0.5) is 4.79 Å². The number of benzene rings is 2. The lowest BCUT2D eigenvalue weighted by molar-refractivity contribution is -0.143. The third-order valence-corrected chi connectivity index (χ3v) is 6.88. The van der Waals surface area contributed by atoms with E-state index in [0.29, 0.717) is 0 Å². The fourth-order valence-electron chi connectivity index (χ4n) is 3.96. The minimum atomic E-state index is -0.852. The van der Waals surface area contributed by atoms with Crippen molar-refractivity contribution in [3.05, 3.63) is 59.5 Å². The van der Waals surface area contributed by atoms with E-state index in [4.69, 9.17) is 19.2 Å². The van der Waals surface area contributed by atoms with E-state index >= 15 is 0 Å². The number of carbonyl (C=O) groups excluding carboxylic acids is 2. The van der Waals surface area contributed by atoms with Crippen LogP contribution in [0.25, 0.3) is 21.8 Å². The molecule has 3 aromatic rings. The molecule has 210 valence electrons. The van der Waals surface area contributed by atoms with Gasteiger partial charge in [-0.2, -0.15) is 0 Å². The Kier molecular flexibility index (Phi) is 11.3. The van der Waals surface area contributed by atoms with Gasteiger partial charge in [-0.15, -0.1) is 11.3 Å². The van der Waals surface area contributed by atoms with Gasteiger partial charge < -0.3 is 19.5 Å². The molecule has 0 spiro atoms. The van der Waals surface area contributed by atoms with Crippen molar-refractivity contribution < 1.29 is 23.8 Å². The van der Waals surface area contributed by atoms with Gasteiger partial charge in [0, 0.05) is 22.9 Å². The molecule has 1 aromatic heterocycles. The highest BCUT2D eigenvalue weighted by atomic mass is 32.1. The smallest absolute Gasteiger partial charge is 0.408 e. The van der Waals surface area contributed by atoms with Crippen LogP contribution in [0.1, 0.15) is 65.4 Å². The summed E-state index contributed by atoms with van der Waals surface area (Å²) in [5, 5.41) is 5.58. The van der Waals surface area contributed by atoms with Gasteiger partial charge in [0.15, 0.2) is 0 Å². The topological polar surface area (TPSA) is 86.8 Å². The molecule has 0 aliphatic rings. The van der Waals surface area contributed by atoms with Crippen molar-refractivity contribution in [3.8, 4) is 27.6 Å². The highest BCUT2D eigenvalue weighted by Gasteiger charge is 2.25. The highest BCUT2D eigenvalue weighted by Crippen LogP contribution is 2.30. The van der Waals surface area contributed by atoms with Crippen molar-refractivity contribution in [1.82, 2.24) is 10.3 Å². The lowest BCUT2D eigenvalue weighted by Crippen LogP contribution is -2.45. The van der Waals surface area contributed by atoms with Gasteiger partial charge in [-0.1, -0.05) is 56.9 Å². The first kappa shape index (κ1) is 30.2. The maximum Gasteiger partial charge on any atom is 0.408 e. The molecule has 1 amide bonds. The molecule has 1 unspecified atom stereocenters. The Morgan fingerprint density at radius 1 is 0.949 bits per heavy atom. The third-order valence-electron chi connectivity index (χ3n) is 5.99. The number of carbonyl (C=O) groups is 2. The SMILES string of the molecule is CCCCCCCOc1ccc(-c2nc(-c3ccc(CC(NC(=O)OC(C)(C)C)C(=O)OC)cc3)cs2)cc1. The van der Waals surface area contributed by atoms with Crippen LogP contribution in [0.3, 0.4) is 0 Å². The molecule has 3 rings (SSSR count). The summed E-state index contributed by atoms with van der Waals surface area (Å²) in [6.45, 7) is 8.27. The first-order valence-corrected chi connectivity index (χ1v) is 14.4. The van der Waals surface area contributed by atoms with E-state index in [1.807, 2.05) is 53.9 Å². The first-order valence-electron chi connectivity index (χ1n) is 13.5. The van der Waals surface area contributed by atoms with Gasteiger partial charge in [0.2, 0.25) is 0 Å².